The molecule has 20 heavy (non-hydrogen) atoms. The summed E-state index contributed by atoms with van der Waals surface area (Å²) in [6.07, 6.45) is 0. The lowest BCUT2D eigenvalue weighted by molar-refractivity contribution is -0.126. The van der Waals surface area contributed by atoms with Gasteiger partial charge in [0.15, 0.2) is 9.84 Å². The van der Waals surface area contributed by atoms with Gasteiger partial charge in [0, 0.05) is 0 Å². The maximum atomic E-state index is 12.8. The number of halogens is 1. The predicted molar refractivity (Wildman–Crippen MR) is 69.8 cm³/mol. The van der Waals surface area contributed by atoms with Crippen molar-refractivity contribution in [1.29, 1.82) is 0 Å². The molecule has 0 aliphatic rings. The zero-order valence-corrected chi connectivity index (χ0v) is 11.8. The molecule has 0 bridgehead atoms. The van der Waals surface area contributed by atoms with Crippen molar-refractivity contribution in [3.63, 3.8) is 0 Å². The number of nitrogens with one attached hydrogen (secondary N) is 1. The van der Waals surface area contributed by atoms with E-state index in [1.54, 1.807) is 0 Å². The van der Waals surface area contributed by atoms with Crippen LogP contribution in [0.4, 0.5) is 4.39 Å². The average molecular weight is 302 g/mol. The number of nitrogens with two attached hydrogens (primary N) is 1. The number of sulfone groups is 1. The van der Waals surface area contributed by atoms with Crippen molar-refractivity contribution in [2.45, 2.75) is 30.0 Å². The summed E-state index contributed by atoms with van der Waals surface area (Å²) in [5, 5.41) is 0.778. The molecule has 0 saturated heterocycles. The Hall–Kier alpha value is -1.96. The Balaban J connectivity index is 2.95. The number of amides is 2. The van der Waals surface area contributed by atoms with Crippen molar-refractivity contribution in [3.05, 3.63) is 30.1 Å². The molecule has 110 valence electrons. The molecule has 0 heterocycles. The highest BCUT2D eigenvalue weighted by Gasteiger charge is 2.31. The van der Waals surface area contributed by atoms with Gasteiger partial charge in [-0.1, -0.05) is 0 Å². The van der Waals surface area contributed by atoms with E-state index < -0.39 is 38.8 Å². The number of primary amides is 1. The first-order chi connectivity index (χ1) is 9.16. The van der Waals surface area contributed by atoms with Gasteiger partial charge in [-0.05, 0) is 38.1 Å². The average Bonchev–Trinajstić information content (AvgIpc) is 2.37. The second-order valence-electron chi connectivity index (χ2n) is 4.27. The number of hydrogen-bond donors (Lipinski definition) is 2. The molecule has 6 nitrogen and oxygen atoms in total. The number of rotatable bonds is 5. The van der Waals surface area contributed by atoms with Gasteiger partial charge in [-0.25, -0.2) is 12.8 Å². The Bertz CT molecular complexity index is 613. The van der Waals surface area contributed by atoms with Gasteiger partial charge in [0.25, 0.3) is 0 Å². The summed E-state index contributed by atoms with van der Waals surface area (Å²) in [4.78, 5) is 22.4. The summed E-state index contributed by atoms with van der Waals surface area (Å²) >= 11 is 0. The predicted octanol–water partition coefficient (Wildman–Crippen LogP) is -0.0221. The molecule has 1 rings (SSSR count). The standard InChI is InChI=1S/C12H15FN2O4S/c1-7(11(14)16)15-12(17)8(2)20(18,19)10-5-3-9(13)4-6-10/h3-8H,1-2H3,(H2,14,16)(H,15,17)/t7-,8-/m0/s1. The van der Waals surface area contributed by atoms with Gasteiger partial charge in [-0.15, -0.1) is 0 Å². The van der Waals surface area contributed by atoms with Crippen LogP contribution in [0.1, 0.15) is 13.8 Å². The molecular weight excluding hydrogens is 287 g/mol. The third-order valence-corrected chi connectivity index (χ3v) is 4.84. The van der Waals surface area contributed by atoms with E-state index in [-0.39, 0.29) is 4.90 Å². The van der Waals surface area contributed by atoms with Crippen LogP contribution in [0.5, 0.6) is 0 Å². The van der Waals surface area contributed by atoms with Crippen molar-refractivity contribution in [2.24, 2.45) is 5.73 Å². The lowest BCUT2D eigenvalue weighted by atomic mass is 10.3. The van der Waals surface area contributed by atoms with Gasteiger partial charge < -0.3 is 11.1 Å². The van der Waals surface area contributed by atoms with Crippen molar-refractivity contribution >= 4 is 21.7 Å². The van der Waals surface area contributed by atoms with Crippen LogP contribution in [-0.2, 0) is 19.4 Å². The molecule has 1 aromatic carbocycles. The zero-order chi connectivity index (χ0) is 15.5. The van der Waals surface area contributed by atoms with E-state index in [2.05, 4.69) is 5.32 Å². The van der Waals surface area contributed by atoms with E-state index in [0.717, 1.165) is 24.3 Å². The summed E-state index contributed by atoms with van der Waals surface area (Å²) in [5.74, 6) is -2.20. The molecule has 1 aromatic rings. The highest BCUT2D eigenvalue weighted by Crippen LogP contribution is 2.16. The zero-order valence-electron chi connectivity index (χ0n) is 11.0. The van der Waals surface area contributed by atoms with E-state index in [9.17, 15) is 22.4 Å². The van der Waals surface area contributed by atoms with Crippen LogP contribution in [0, 0.1) is 5.82 Å². The molecule has 0 aliphatic carbocycles. The van der Waals surface area contributed by atoms with Crippen molar-refractivity contribution in [1.82, 2.24) is 5.32 Å². The van der Waals surface area contributed by atoms with Crippen molar-refractivity contribution < 1.29 is 22.4 Å². The molecule has 0 unspecified atom stereocenters. The Morgan fingerprint density at radius 2 is 1.70 bits per heavy atom. The van der Waals surface area contributed by atoms with Crippen molar-refractivity contribution in [2.75, 3.05) is 0 Å². The Morgan fingerprint density at radius 1 is 1.20 bits per heavy atom. The maximum absolute atomic E-state index is 12.8. The fourth-order valence-electron chi connectivity index (χ4n) is 1.37. The molecule has 2 amide bonds. The Labute approximate surface area is 116 Å². The summed E-state index contributed by atoms with van der Waals surface area (Å²) in [7, 11) is -3.96. The van der Waals surface area contributed by atoms with Gasteiger partial charge in [-0.2, -0.15) is 0 Å². The van der Waals surface area contributed by atoms with Gasteiger partial charge in [0.1, 0.15) is 17.1 Å². The normalized spacial score (nSPS) is 14.3. The molecular formula is C12H15FN2O4S. The first-order valence-corrected chi connectivity index (χ1v) is 7.30. The summed E-state index contributed by atoms with van der Waals surface area (Å²) in [5.41, 5.74) is 4.98. The quantitative estimate of drug-likeness (QED) is 0.745. The summed E-state index contributed by atoms with van der Waals surface area (Å²) in [6, 6.07) is 3.15. The van der Waals surface area contributed by atoms with Crippen LogP contribution < -0.4 is 11.1 Å². The number of hydrogen-bond acceptors (Lipinski definition) is 4. The minimum atomic E-state index is -3.96. The minimum absolute atomic E-state index is 0.173. The van der Waals surface area contributed by atoms with E-state index in [1.807, 2.05) is 0 Å². The molecule has 0 aliphatic heterocycles. The summed E-state index contributed by atoms with van der Waals surface area (Å²) in [6.45, 7) is 2.53. The van der Waals surface area contributed by atoms with Gasteiger partial charge in [-0.3, -0.25) is 9.59 Å². The third-order valence-electron chi connectivity index (χ3n) is 2.76. The SMILES string of the molecule is C[C@H](NC(=O)[C@H](C)S(=O)(=O)c1ccc(F)cc1)C(N)=O. The van der Waals surface area contributed by atoms with Crippen LogP contribution in [0.2, 0.25) is 0 Å². The Morgan fingerprint density at radius 3 is 2.15 bits per heavy atom. The minimum Gasteiger partial charge on any atom is -0.368 e. The topological polar surface area (TPSA) is 106 Å². The molecule has 2 atom stereocenters. The first-order valence-electron chi connectivity index (χ1n) is 5.75. The molecule has 0 fully saturated rings. The van der Waals surface area contributed by atoms with E-state index in [1.165, 1.54) is 13.8 Å². The van der Waals surface area contributed by atoms with E-state index in [0.29, 0.717) is 0 Å². The lowest BCUT2D eigenvalue weighted by Gasteiger charge is -2.16. The highest BCUT2D eigenvalue weighted by molar-refractivity contribution is 7.92. The number of carbonyl (C=O) groups is 2. The molecule has 0 spiro atoms. The van der Waals surface area contributed by atoms with Gasteiger partial charge in [0.2, 0.25) is 11.8 Å². The van der Waals surface area contributed by atoms with Crippen LogP contribution in [0.25, 0.3) is 0 Å². The first kappa shape index (κ1) is 16.1. The van der Waals surface area contributed by atoms with Crippen LogP contribution in [-0.4, -0.2) is 31.5 Å². The lowest BCUT2D eigenvalue weighted by Crippen LogP contribution is -2.47. The highest BCUT2D eigenvalue weighted by atomic mass is 32.2. The molecule has 0 saturated carbocycles. The molecule has 0 radical (unpaired) electrons. The Kier molecular flexibility index (Phi) is 4.83. The van der Waals surface area contributed by atoms with Crippen molar-refractivity contribution in [3.8, 4) is 0 Å². The second kappa shape index (κ2) is 6.00. The number of benzene rings is 1. The summed E-state index contributed by atoms with van der Waals surface area (Å²) < 4.78 is 37.0. The number of carbonyl (C=O) groups excluding carboxylic acids is 2. The van der Waals surface area contributed by atoms with Gasteiger partial charge >= 0.3 is 0 Å². The monoisotopic (exact) mass is 302 g/mol. The molecule has 3 N–H and O–H groups in total. The maximum Gasteiger partial charge on any atom is 0.239 e. The van der Waals surface area contributed by atoms with Crippen LogP contribution in [0.3, 0.4) is 0 Å². The third kappa shape index (κ3) is 3.53. The van der Waals surface area contributed by atoms with E-state index in [4.69, 9.17) is 5.73 Å². The van der Waals surface area contributed by atoms with Gasteiger partial charge in [0.05, 0.1) is 4.90 Å². The molecule has 0 aromatic heterocycles. The fraction of sp³-hybridized carbons (Fsp3) is 0.333. The smallest absolute Gasteiger partial charge is 0.239 e. The molecule has 8 heteroatoms. The van der Waals surface area contributed by atoms with Crippen LogP contribution in [0.15, 0.2) is 29.2 Å². The largest absolute Gasteiger partial charge is 0.368 e. The van der Waals surface area contributed by atoms with Crippen LogP contribution >= 0.6 is 0 Å². The second-order valence-corrected chi connectivity index (χ2v) is 6.54. The van der Waals surface area contributed by atoms with E-state index >= 15 is 0 Å². The fourth-order valence-corrected chi connectivity index (χ4v) is 2.64.